The monoisotopic (exact) mass is 1730 g/mol. The minimum absolute atomic E-state index is 0.0843. The molecule has 2 unspecified atom stereocenters. The molecule has 1 aliphatic heterocycles. The summed E-state index contributed by atoms with van der Waals surface area (Å²) >= 11 is 0. The smallest absolute Gasteiger partial charge is 0.407 e. The maximum Gasteiger partial charge on any atom is 0.407 e. The predicted octanol–water partition coefficient (Wildman–Crippen LogP) is 1.35. The van der Waals surface area contributed by atoms with Crippen LogP contribution in [0.4, 0.5) is 24.0 Å². The van der Waals surface area contributed by atoms with Crippen LogP contribution in [0.15, 0.2) is 30.3 Å². The number of unbranched alkanes of at least 4 members (excludes halogenated alkanes) is 1. The lowest BCUT2D eigenvalue weighted by Gasteiger charge is -2.29. The van der Waals surface area contributed by atoms with Crippen LogP contribution >= 0.6 is 0 Å². The van der Waals surface area contributed by atoms with Crippen LogP contribution in [0, 0.1) is 11.8 Å². The second kappa shape index (κ2) is 51.2. The van der Waals surface area contributed by atoms with E-state index in [1.165, 1.54) is 6.92 Å². The molecule has 1 heterocycles. The van der Waals surface area contributed by atoms with Crippen LogP contribution in [0.1, 0.15) is 215 Å². The molecule has 0 spiro atoms. The Bertz CT molecular complexity index is 3660. The molecule has 122 heavy (non-hydrogen) atoms. The summed E-state index contributed by atoms with van der Waals surface area (Å²) in [4.78, 5) is 241. The molecule has 1 saturated heterocycles. The highest BCUT2D eigenvalue weighted by atomic mass is 16.6. The Morgan fingerprint density at radius 3 is 1.25 bits per heavy atom. The number of ether oxygens (including phenoxy) is 6. The molecular formula is C81H136N16O25. The molecule has 0 aromatic heterocycles. The lowest BCUT2D eigenvalue weighted by molar-refractivity contribution is -0.150. The predicted molar refractivity (Wildman–Crippen MR) is 444 cm³/mol. The lowest BCUT2D eigenvalue weighted by Crippen LogP contribution is -2.62. The van der Waals surface area contributed by atoms with Crippen LogP contribution in [-0.4, -0.2) is 258 Å². The zero-order valence-electron chi connectivity index (χ0n) is 74.5. The van der Waals surface area contributed by atoms with Crippen LogP contribution in [0.3, 0.4) is 0 Å². The van der Waals surface area contributed by atoms with Crippen molar-refractivity contribution in [2.45, 2.75) is 317 Å². The van der Waals surface area contributed by atoms with E-state index in [9.17, 15) is 72.5 Å². The number of carbonyl (C=O) groups excluding carboxylic acids is 17. The Labute approximate surface area is 714 Å². The van der Waals surface area contributed by atoms with Crippen molar-refractivity contribution in [3.63, 3.8) is 0 Å². The molecule has 1 aromatic rings. The van der Waals surface area contributed by atoms with E-state index >= 15 is 19.2 Å². The van der Waals surface area contributed by atoms with Crippen molar-refractivity contribution in [3.8, 4) is 0 Å². The van der Waals surface area contributed by atoms with Crippen molar-refractivity contribution in [2.24, 2.45) is 11.8 Å². The summed E-state index contributed by atoms with van der Waals surface area (Å²) in [6, 6.07) is -9.76. The van der Waals surface area contributed by atoms with Gasteiger partial charge in [-0.3, -0.25) is 57.5 Å². The van der Waals surface area contributed by atoms with E-state index in [1.54, 1.807) is 148 Å². The van der Waals surface area contributed by atoms with Gasteiger partial charge >= 0.3 is 36.4 Å². The van der Waals surface area contributed by atoms with E-state index in [0.717, 1.165) is 13.8 Å². The molecule has 690 valence electrons. The maximum atomic E-state index is 15.4. The van der Waals surface area contributed by atoms with Gasteiger partial charge in [-0.2, -0.15) is 0 Å². The average molecular weight is 1730 g/mol. The quantitative estimate of drug-likeness (QED) is 0.0263. The Morgan fingerprint density at radius 2 is 0.844 bits per heavy atom. The van der Waals surface area contributed by atoms with Crippen LogP contribution in [0.2, 0.25) is 0 Å². The van der Waals surface area contributed by atoms with Crippen molar-refractivity contribution in [3.05, 3.63) is 35.9 Å². The third kappa shape index (κ3) is 45.7. The molecule has 2 rings (SSSR count). The van der Waals surface area contributed by atoms with Gasteiger partial charge < -0.3 is 124 Å². The van der Waals surface area contributed by atoms with E-state index in [2.05, 4.69) is 85.1 Å². The number of hydrogen-bond donors (Lipinski definition) is 18. The number of nitrogens with one attached hydrogen (secondary N) is 16. The first-order chi connectivity index (χ1) is 56.4. The Hall–Kier alpha value is -10.9. The molecule has 0 aliphatic carbocycles. The highest BCUT2D eigenvalue weighted by Gasteiger charge is 2.40. The van der Waals surface area contributed by atoms with Crippen molar-refractivity contribution < 1.29 is 120 Å². The second-order valence-electron chi connectivity index (χ2n) is 35.1. The van der Waals surface area contributed by atoms with Gasteiger partial charge in [-0.05, 0) is 181 Å². The fraction of sp³-hybridized carbons (Fsp3) is 0.716. The molecule has 0 radical (unpaired) electrons. The summed E-state index contributed by atoms with van der Waals surface area (Å²) in [5.41, 5.74) is -4.60. The minimum Gasteiger partial charge on any atom is -0.465 e. The highest BCUT2D eigenvalue weighted by molar-refractivity contribution is 6.00. The van der Waals surface area contributed by atoms with E-state index < -0.39 is 279 Å². The maximum absolute atomic E-state index is 15.4. The summed E-state index contributed by atoms with van der Waals surface area (Å²) in [7, 11) is 0. The summed E-state index contributed by atoms with van der Waals surface area (Å²) in [5, 5.41) is 62.8. The van der Waals surface area contributed by atoms with Gasteiger partial charge in [-0.25, -0.2) is 24.0 Å². The molecule has 13 atom stereocenters. The number of esters is 1. The van der Waals surface area contributed by atoms with E-state index in [4.69, 9.17) is 28.4 Å². The first-order valence-corrected chi connectivity index (χ1v) is 41.2. The molecule has 0 bridgehead atoms. The standard InChI is InChI=1S/C81H136N16O25/c1-22-23-41-117-71(111)46(4)43-58(100)88-50(30-36-83-72(112)118-77(7,8)9)65(105)97-60(48(6)99)70(110)93-54(33-39-86-75(115)121-80(16,17)18)63(103)89-51-29-35-82-69(109)59(47(5)98)96-66(106)55(34-40-87-76(116)122-81(19,20)21)91-62(102)52(31-37-84-73(113)119-78(10,11)12)92-67(107)56(42-45(2)3)94-68(108)57(44-49-27-25-24-26-28-49)95-64(104)53(90-61(51)101)32-38-85-74(114)120-79(13,14)15/h24-28,45-48,50-57,59-60,98-99H,22-23,29-44H2,1-21H3,(H,82,109)(H,83,112)(H,84,113)(H,85,114)(H,86,115)(H,87,116)(H,88,100)(H,89,103)(H,90,101)(H,91,102)(H,92,107)(H,93,110)(H,94,108)(H,95,104)(H,96,106)(H,97,105)/t46?,47-,48?,50-,51-,52-,53-,54-,55-,56-,57+,59-,60-/m0/s1. The number of alkyl carbamates (subject to hydrolysis) is 5. The third-order valence-corrected chi connectivity index (χ3v) is 17.1. The molecule has 18 N–H and O–H groups in total. The van der Waals surface area contributed by atoms with Crippen LogP contribution in [-0.2, 0) is 92.4 Å². The fourth-order valence-corrected chi connectivity index (χ4v) is 11.3. The SMILES string of the molecule is CCCCOC(=O)C(C)CC(=O)N[C@@H](CCNC(=O)OC(C)(C)C)C(=O)N[C@H](C(=O)N[C@@H](CCNC(=O)OC(C)(C)C)C(=O)N[C@H]1CCNC(=O)[C@H]([C@H](C)O)NC(=O)[C@H](CCNC(=O)OC(C)(C)C)NC(=O)[C@H](CCNC(=O)OC(C)(C)C)NC(=O)[C@H](CC(C)C)NC(=O)[C@@H](Cc2ccccc2)NC(=O)[C@H](CCNC(=O)OC(C)(C)C)NC1=O)C(C)O. The van der Waals surface area contributed by atoms with Gasteiger partial charge in [0, 0.05) is 52.1 Å². The molecule has 41 heteroatoms. The summed E-state index contributed by atoms with van der Waals surface area (Å²) in [5.74, 6) is -14.5. The van der Waals surface area contributed by atoms with Crippen LogP contribution < -0.4 is 85.1 Å². The van der Waals surface area contributed by atoms with Gasteiger partial charge in [0.1, 0.15) is 88.4 Å². The topological polar surface area (TPSA) is 579 Å². The van der Waals surface area contributed by atoms with Crippen molar-refractivity contribution in [1.82, 2.24) is 85.1 Å². The summed E-state index contributed by atoms with van der Waals surface area (Å²) in [6.45, 7) is 30.0. The van der Waals surface area contributed by atoms with Crippen molar-refractivity contribution in [2.75, 3.05) is 45.9 Å². The summed E-state index contributed by atoms with van der Waals surface area (Å²) in [6.07, 6.45) is -11.1. The van der Waals surface area contributed by atoms with Crippen LogP contribution in [0.25, 0.3) is 0 Å². The number of carbonyl (C=O) groups is 17. The molecule has 0 saturated carbocycles. The molecule has 1 aromatic carbocycles. The molecule has 16 amide bonds. The van der Waals surface area contributed by atoms with Crippen molar-refractivity contribution >= 4 is 101 Å². The first kappa shape index (κ1) is 107. The van der Waals surface area contributed by atoms with E-state index in [0.29, 0.717) is 18.4 Å². The van der Waals surface area contributed by atoms with Gasteiger partial charge in [0.25, 0.3) is 0 Å². The van der Waals surface area contributed by atoms with Gasteiger partial charge in [0.05, 0.1) is 24.7 Å². The first-order valence-electron chi connectivity index (χ1n) is 41.2. The second-order valence-corrected chi connectivity index (χ2v) is 35.1. The third-order valence-electron chi connectivity index (χ3n) is 17.1. The molecular weight excluding hydrogens is 1600 g/mol. The number of rotatable bonds is 34. The van der Waals surface area contributed by atoms with E-state index in [1.807, 2.05) is 6.92 Å². The fourth-order valence-electron chi connectivity index (χ4n) is 11.3. The normalized spacial score (nSPS) is 19.8. The van der Waals surface area contributed by atoms with Crippen LogP contribution in [0.5, 0.6) is 0 Å². The van der Waals surface area contributed by atoms with Gasteiger partial charge in [0.15, 0.2) is 0 Å². The number of benzene rings is 1. The highest BCUT2D eigenvalue weighted by Crippen LogP contribution is 2.17. The Balaban J connectivity index is 3.12. The minimum atomic E-state index is -2.02. The number of hydrogen-bond acceptors (Lipinski definition) is 25. The number of aliphatic hydroxyl groups excluding tert-OH is 2. The summed E-state index contributed by atoms with van der Waals surface area (Å²) < 4.78 is 32.2. The molecule has 41 nitrogen and oxygen atoms in total. The number of amides is 16. The Kier molecular flexibility index (Phi) is 44.9. The van der Waals surface area contributed by atoms with Gasteiger partial charge in [-0.1, -0.05) is 64.4 Å². The average Bonchev–Trinajstić information content (AvgIpc) is 0.925. The number of aliphatic hydroxyl groups is 2. The largest absolute Gasteiger partial charge is 0.465 e. The zero-order valence-corrected chi connectivity index (χ0v) is 74.5. The zero-order chi connectivity index (χ0) is 92.8. The van der Waals surface area contributed by atoms with E-state index in [-0.39, 0.29) is 39.0 Å². The van der Waals surface area contributed by atoms with Gasteiger partial charge in [-0.15, -0.1) is 0 Å². The molecule has 1 fully saturated rings. The van der Waals surface area contributed by atoms with Crippen molar-refractivity contribution in [1.29, 1.82) is 0 Å². The molecule has 1 aliphatic rings. The Morgan fingerprint density at radius 1 is 0.459 bits per heavy atom. The lowest BCUT2D eigenvalue weighted by atomic mass is 10.00. The van der Waals surface area contributed by atoms with Gasteiger partial charge in [0.2, 0.25) is 65.0 Å².